The van der Waals surface area contributed by atoms with Crippen molar-refractivity contribution in [3.05, 3.63) is 33.8 Å². The highest BCUT2D eigenvalue weighted by Gasteiger charge is 2.23. The fourth-order valence-corrected chi connectivity index (χ4v) is 2.72. The van der Waals surface area contributed by atoms with Crippen molar-refractivity contribution in [3.63, 3.8) is 0 Å². The highest BCUT2D eigenvalue weighted by atomic mass is 35.5. The van der Waals surface area contributed by atoms with E-state index in [0.717, 1.165) is 6.42 Å². The highest BCUT2D eigenvalue weighted by Crippen LogP contribution is 2.25. The fraction of sp³-hybridized carbons (Fsp3) is 0.500. The topological polar surface area (TPSA) is 29.1 Å². The summed E-state index contributed by atoms with van der Waals surface area (Å²) in [6, 6.07) is 5.26. The zero-order chi connectivity index (χ0) is 13.1. The van der Waals surface area contributed by atoms with E-state index < -0.39 is 0 Å². The molecule has 1 aliphatic rings. The van der Waals surface area contributed by atoms with Gasteiger partial charge in [-0.3, -0.25) is 4.79 Å². The summed E-state index contributed by atoms with van der Waals surface area (Å²) >= 11 is 11.8. The smallest absolute Gasteiger partial charge is 0.251 e. The largest absolute Gasteiger partial charge is 0.349 e. The van der Waals surface area contributed by atoms with Crippen LogP contribution in [0.5, 0.6) is 0 Å². The summed E-state index contributed by atoms with van der Waals surface area (Å²) in [5.41, 5.74) is 0.571. The van der Waals surface area contributed by atoms with E-state index >= 15 is 0 Å². The van der Waals surface area contributed by atoms with Gasteiger partial charge in [0.1, 0.15) is 0 Å². The number of hydrogen-bond acceptors (Lipinski definition) is 1. The first-order valence-corrected chi connectivity index (χ1v) is 7.09. The lowest BCUT2D eigenvalue weighted by molar-refractivity contribution is 0.0910. The lowest BCUT2D eigenvalue weighted by Gasteiger charge is -2.29. The van der Waals surface area contributed by atoms with Crippen molar-refractivity contribution >= 4 is 29.1 Å². The van der Waals surface area contributed by atoms with Gasteiger partial charge in [0.2, 0.25) is 0 Å². The number of halogens is 2. The number of carbonyl (C=O) groups excluding carboxylic acids is 1. The van der Waals surface area contributed by atoms with Gasteiger partial charge in [0.25, 0.3) is 5.91 Å². The molecule has 2 nitrogen and oxygen atoms in total. The number of amides is 1. The summed E-state index contributed by atoms with van der Waals surface area (Å²) in [5, 5.41) is 3.98. The van der Waals surface area contributed by atoms with Crippen LogP contribution in [0, 0.1) is 5.92 Å². The van der Waals surface area contributed by atoms with E-state index in [2.05, 4.69) is 12.2 Å². The Hall–Kier alpha value is -0.730. The normalized spacial score (nSPS) is 23.7. The van der Waals surface area contributed by atoms with Crippen LogP contribution in [0.4, 0.5) is 0 Å². The Kier molecular flexibility index (Phi) is 4.52. The van der Waals surface area contributed by atoms with Crippen LogP contribution in [0.3, 0.4) is 0 Å². The molecule has 0 bridgehead atoms. The summed E-state index contributed by atoms with van der Waals surface area (Å²) in [7, 11) is 0. The summed E-state index contributed by atoms with van der Waals surface area (Å²) in [6.45, 7) is 2.19. The minimum atomic E-state index is -0.0627. The van der Waals surface area contributed by atoms with Crippen molar-refractivity contribution in [1.82, 2.24) is 5.32 Å². The van der Waals surface area contributed by atoms with Crippen molar-refractivity contribution < 1.29 is 4.79 Å². The van der Waals surface area contributed by atoms with E-state index in [1.54, 1.807) is 18.2 Å². The van der Waals surface area contributed by atoms with Crippen molar-refractivity contribution in [2.24, 2.45) is 5.92 Å². The van der Waals surface area contributed by atoms with Crippen LogP contribution in [0.15, 0.2) is 18.2 Å². The molecule has 1 fully saturated rings. The Bertz CT molecular complexity index is 447. The average Bonchev–Trinajstić information content (AvgIpc) is 2.35. The second-order valence-corrected chi connectivity index (χ2v) is 5.78. The van der Waals surface area contributed by atoms with Gasteiger partial charge in [0, 0.05) is 11.6 Å². The first kappa shape index (κ1) is 13.7. The van der Waals surface area contributed by atoms with Crippen LogP contribution >= 0.6 is 23.2 Å². The molecule has 4 heteroatoms. The van der Waals surface area contributed by atoms with Gasteiger partial charge in [-0.15, -0.1) is 0 Å². The van der Waals surface area contributed by atoms with Crippen molar-refractivity contribution in [3.8, 4) is 0 Å². The third kappa shape index (κ3) is 3.18. The first-order valence-electron chi connectivity index (χ1n) is 6.34. The first-order chi connectivity index (χ1) is 8.58. The van der Waals surface area contributed by atoms with E-state index in [9.17, 15) is 4.79 Å². The second kappa shape index (κ2) is 5.94. The van der Waals surface area contributed by atoms with Crippen LogP contribution < -0.4 is 5.32 Å². The van der Waals surface area contributed by atoms with E-state index in [-0.39, 0.29) is 11.9 Å². The lowest BCUT2D eigenvalue weighted by Crippen LogP contribution is -2.41. The van der Waals surface area contributed by atoms with Crippen molar-refractivity contribution in [2.75, 3.05) is 0 Å². The maximum Gasteiger partial charge on any atom is 0.251 e. The Labute approximate surface area is 118 Å². The SMILES string of the molecule is C[C@@H]1CCCC[C@@H]1NC(=O)c1ccc(Cl)c(Cl)c1. The molecule has 2 atom stereocenters. The second-order valence-electron chi connectivity index (χ2n) is 4.97. The van der Waals surface area contributed by atoms with Gasteiger partial charge in [0.05, 0.1) is 10.0 Å². The van der Waals surface area contributed by atoms with Crippen LogP contribution in [0.25, 0.3) is 0 Å². The van der Waals surface area contributed by atoms with E-state index in [1.807, 2.05) is 0 Å². The van der Waals surface area contributed by atoms with E-state index in [4.69, 9.17) is 23.2 Å². The van der Waals surface area contributed by atoms with Gasteiger partial charge < -0.3 is 5.32 Å². The molecule has 1 amide bonds. The zero-order valence-corrected chi connectivity index (χ0v) is 11.9. The molecule has 1 saturated carbocycles. The quantitative estimate of drug-likeness (QED) is 0.862. The highest BCUT2D eigenvalue weighted by molar-refractivity contribution is 6.42. The predicted octanol–water partition coefficient (Wildman–Crippen LogP) is 4.30. The minimum absolute atomic E-state index is 0.0627. The van der Waals surface area contributed by atoms with Crippen LogP contribution in [-0.2, 0) is 0 Å². The molecule has 0 aliphatic heterocycles. The van der Waals surface area contributed by atoms with Gasteiger partial charge in [-0.1, -0.05) is 43.0 Å². The molecule has 2 rings (SSSR count). The third-order valence-corrected chi connectivity index (χ3v) is 4.35. The summed E-state index contributed by atoms with van der Waals surface area (Å²) < 4.78 is 0. The Morgan fingerprint density at radius 3 is 2.61 bits per heavy atom. The predicted molar refractivity (Wildman–Crippen MR) is 75.3 cm³/mol. The van der Waals surface area contributed by atoms with Crippen LogP contribution in [0.2, 0.25) is 10.0 Å². The molecule has 0 unspecified atom stereocenters. The van der Waals surface area contributed by atoms with Gasteiger partial charge in [-0.2, -0.15) is 0 Å². The molecule has 0 radical (unpaired) electrons. The zero-order valence-electron chi connectivity index (χ0n) is 10.4. The summed E-state index contributed by atoms with van der Waals surface area (Å²) in [5.74, 6) is 0.484. The summed E-state index contributed by atoms with van der Waals surface area (Å²) in [6.07, 6.45) is 4.71. The molecule has 1 aromatic rings. The summed E-state index contributed by atoms with van der Waals surface area (Å²) in [4.78, 5) is 12.1. The monoisotopic (exact) mass is 285 g/mol. The molecule has 0 saturated heterocycles. The molecular weight excluding hydrogens is 269 g/mol. The van der Waals surface area contributed by atoms with Gasteiger partial charge in [0.15, 0.2) is 0 Å². The molecule has 1 aliphatic carbocycles. The fourth-order valence-electron chi connectivity index (χ4n) is 2.42. The maximum atomic E-state index is 12.1. The molecule has 1 aromatic carbocycles. The van der Waals surface area contributed by atoms with E-state index in [0.29, 0.717) is 21.5 Å². The number of benzene rings is 1. The van der Waals surface area contributed by atoms with Crippen molar-refractivity contribution in [2.45, 2.75) is 38.6 Å². The Morgan fingerprint density at radius 1 is 1.22 bits per heavy atom. The van der Waals surface area contributed by atoms with Gasteiger partial charge in [-0.25, -0.2) is 0 Å². The number of rotatable bonds is 2. The van der Waals surface area contributed by atoms with Crippen molar-refractivity contribution in [1.29, 1.82) is 0 Å². The van der Waals surface area contributed by atoms with Gasteiger partial charge in [-0.05, 0) is 37.0 Å². The Morgan fingerprint density at radius 2 is 1.94 bits per heavy atom. The molecule has 0 spiro atoms. The van der Waals surface area contributed by atoms with E-state index in [1.165, 1.54) is 19.3 Å². The molecular formula is C14H17Cl2NO. The van der Waals surface area contributed by atoms with Gasteiger partial charge >= 0.3 is 0 Å². The molecule has 98 valence electrons. The standard InChI is InChI=1S/C14H17Cl2NO/c1-9-4-2-3-5-13(9)17-14(18)10-6-7-11(15)12(16)8-10/h6-9,13H,2-5H2,1H3,(H,17,18)/t9-,13+/m1/s1. The number of nitrogens with one attached hydrogen (secondary N) is 1. The number of hydrogen-bond donors (Lipinski definition) is 1. The average molecular weight is 286 g/mol. The van der Waals surface area contributed by atoms with Crippen LogP contribution in [0.1, 0.15) is 43.0 Å². The molecule has 0 aromatic heterocycles. The molecule has 18 heavy (non-hydrogen) atoms. The third-order valence-electron chi connectivity index (χ3n) is 3.61. The lowest BCUT2D eigenvalue weighted by atomic mass is 9.86. The number of carbonyl (C=O) groups is 1. The molecule has 1 N–H and O–H groups in total. The Balaban J connectivity index is 2.04. The molecule has 0 heterocycles. The maximum absolute atomic E-state index is 12.1. The van der Waals surface area contributed by atoms with Crippen LogP contribution in [-0.4, -0.2) is 11.9 Å². The minimum Gasteiger partial charge on any atom is -0.349 e.